The minimum atomic E-state index is -1.84. The number of hydrogen-bond acceptors (Lipinski definition) is 9. The van der Waals surface area contributed by atoms with Crippen molar-refractivity contribution in [1.82, 2.24) is 15.8 Å². The smallest absolute Gasteiger partial charge is 0.416 e. The molecule has 190 valence electrons. The number of nitrogens with zero attached hydrogens (tertiary/aromatic N) is 3. The third-order valence-electron chi connectivity index (χ3n) is 7.79. The lowest BCUT2D eigenvalue weighted by molar-refractivity contribution is -0.159. The molecule has 3 saturated heterocycles. The third kappa shape index (κ3) is 2.80. The van der Waals surface area contributed by atoms with Crippen LogP contribution in [0, 0.1) is 5.41 Å². The molecule has 3 fully saturated rings. The molecule has 1 aromatic carbocycles. The number of halogens is 1. The Morgan fingerprint density at radius 2 is 1.72 bits per heavy atom. The van der Waals surface area contributed by atoms with E-state index in [-0.39, 0.29) is 24.4 Å². The van der Waals surface area contributed by atoms with Gasteiger partial charge in [0.1, 0.15) is 12.2 Å². The lowest BCUT2D eigenvalue weighted by Gasteiger charge is -2.56. The normalized spacial score (nSPS) is 33.4. The quantitative estimate of drug-likeness (QED) is 0.441. The van der Waals surface area contributed by atoms with E-state index in [2.05, 4.69) is 15.8 Å². The van der Waals surface area contributed by atoms with Crippen molar-refractivity contribution in [3.8, 4) is 0 Å². The van der Waals surface area contributed by atoms with E-state index in [1.807, 2.05) is 6.92 Å². The van der Waals surface area contributed by atoms with Crippen LogP contribution in [0.2, 0.25) is 0 Å². The number of benzene rings is 1. The van der Waals surface area contributed by atoms with Crippen molar-refractivity contribution in [3.63, 3.8) is 0 Å². The molecule has 6 rings (SSSR count). The lowest BCUT2D eigenvalue weighted by Crippen LogP contribution is -2.76. The third-order valence-corrected chi connectivity index (χ3v) is 7.79. The molecule has 4 aliphatic rings. The summed E-state index contributed by atoms with van der Waals surface area (Å²) in [4.78, 5) is 53.7. The van der Waals surface area contributed by atoms with Crippen molar-refractivity contribution in [2.75, 3.05) is 9.80 Å². The summed E-state index contributed by atoms with van der Waals surface area (Å²) in [7, 11) is 0. The van der Waals surface area contributed by atoms with Crippen molar-refractivity contribution in [1.29, 1.82) is 0 Å². The molecule has 0 bridgehead atoms. The molecule has 6 atom stereocenters. The molecule has 1 unspecified atom stereocenters. The van der Waals surface area contributed by atoms with Gasteiger partial charge in [-0.15, -0.1) is 0 Å². The molecule has 5 amide bonds. The van der Waals surface area contributed by atoms with E-state index in [1.54, 1.807) is 32.9 Å². The molecular formula is C23H24FN5O7. The average Bonchev–Trinajstić information content (AvgIpc) is 3.32. The van der Waals surface area contributed by atoms with E-state index < -0.39 is 53.9 Å². The number of nitrogens with one attached hydrogen (secondary N) is 2. The van der Waals surface area contributed by atoms with Crippen molar-refractivity contribution in [2.24, 2.45) is 5.41 Å². The second-order valence-corrected chi connectivity index (χ2v) is 9.84. The molecule has 12 nitrogen and oxygen atoms in total. The number of carbonyl (C=O) groups is 4. The first-order valence-electron chi connectivity index (χ1n) is 11.7. The van der Waals surface area contributed by atoms with Gasteiger partial charge in [0.25, 0.3) is 0 Å². The number of hydrogen-bond donors (Lipinski definition) is 2. The molecule has 4 aliphatic heterocycles. The summed E-state index contributed by atoms with van der Waals surface area (Å²) < 4.78 is 32.4. The summed E-state index contributed by atoms with van der Waals surface area (Å²) in [5.41, 5.74) is -0.674. The fourth-order valence-electron chi connectivity index (χ4n) is 5.93. The highest BCUT2D eigenvalue weighted by atomic mass is 19.1. The molecule has 13 heteroatoms. The highest BCUT2D eigenvalue weighted by Crippen LogP contribution is 2.50. The van der Waals surface area contributed by atoms with Gasteiger partial charge in [0.15, 0.2) is 23.1 Å². The SMILES string of the molecule is C[C@@H]1OC(=O)N(c2noc3cc4c(cc23)CC2(C(=O)NC(=O)NC2=O)[C@H]2[C@H](C)O[C@H](C)C(F)N42)[C@@H]1C. The van der Waals surface area contributed by atoms with Gasteiger partial charge in [-0.3, -0.25) is 25.1 Å². The van der Waals surface area contributed by atoms with Crippen molar-refractivity contribution < 1.29 is 37.6 Å². The summed E-state index contributed by atoms with van der Waals surface area (Å²) >= 11 is 0. The molecular weight excluding hydrogens is 477 g/mol. The Morgan fingerprint density at radius 1 is 1.03 bits per heavy atom. The number of imide groups is 2. The molecule has 2 N–H and O–H groups in total. The van der Waals surface area contributed by atoms with Crippen LogP contribution in [0.15, 0.2) is 16.7 Å². The van der Waals surface area contributed by atoms with Gasteiger partial charge in [-0.05, 0) is 45.7 Å². The minimum absolute atomic E-state index is 0.139. The molecule has 5 heterocycles. The first-order valence-corrected chi connectivity index (χ1v) is 11.7. The van der Waals surface area contributed by atoms with E-state index in [0.717, 1.165) is 0 Å². The lowest BCUT2D eigenvalue weighted by atomic mass is 9.66. The number of cyclic esters (lactones) is 1. The zero-order valence-electron chi connectivity index (χ0n) is 19.9. The van der Waals surface area contributed by atoms with Crippen LogP contribution in [0.4, 0.5) is 25.5 Å². The second-order valence-electron chi connectivity index (χ2n) is 9.84. The number of alkyl halides is 1. The second kappa shape index (κ2) is 7.38. The van der Waals surface area contributed by atoms with E-state index >= 15 is 4.39 Å². The van der Waals surface area contributed by atoms with Crippen LogP contribution in [0.1, 0.15) is 33.3 Å². The van der Waals surface area contributed by atoms with Crippen LogP contribution in [-0.2, 0) is 25.5 Å². The Kier molecular flexibility index (Phi) is 4.66. The van der Waals surface area contributed by atoms with Gasteiger partial charge in [0.2, 0.25) is 11.8 Å². The van der Waals surface area contributed by atoms with Gasteiger partial charge in [0, 0.05) is 11.8 Å². The number of rotatable bonds is 1. The summed E-state index contributed by atoms with van der Waals surface area (Å²) in [6, 6.07) is 0.937. The summed E-state index contributed by atoms with van der Waals surface area (Å²) in [6.07, 6.45) is -4.38. The highest BCUT2D eigenvalue weighted by molar-refractivity contribution is 6.20. The van der Waals surface area contributed by atoms with Crippen LogP contribution in [0.5, 0.6) is 0 Å². The minimum Gasteiger partial charge on any atom is -0.444 e. The van der Waals surface area contributed by atoms with E-state index in [4.69, 9.17) is 14.0 Å². The number of morpholine rings is 1. The van der Waals surface area contributed by atoms with E-state index in [9.17, 15) is 19.2 Å². The van der Waals surface area contributed by atoms with Gasteiger partial charge >= 0.3 is 12.1 Å². The molecule has 1 aromatic heterocycles. The predicted molar refractivity (Wildman–Crippen MR) is 121 cm³/mol. The number of amides is 5. The Labute approximate surface area is 204 Å². The number of fused-ring (bicyclic) bond motifs is 5. The zero-order chi connectivity index (χ0) is 25.7. The van der Waals surface area contributed by atoms with Crippen LogP contribution in [-0.4, -0.2) is 65.8 Å². The largest absolute Gasteiger partial charge is 0.444 e. The number of anilines is 2. The molecule has 0 saturated carbocycles. The molecule has 2 aromatic rings. The number of carbonyl (C=O) groups excluding carboxylic acids is 4. The molecule has 0 radical (unpaired) electrons. The fourth-order valence-corrected chi connectivity index (χ4v) is 5.93. The molecule has 36 heavy (non-hydrogen) atoms. The topological polar surface area (TPSA) is 143 Å². The van der Waals surface area contributed by atoms with Gasteiger partial charge in [-0.25, -0.2) is 14.0 Å². The predicted octanol–water partition coefficient (Wildman–Crippen LogP) is 1.75. The van der Waals surface area contributed by atoms with Crippen molar-refractivity contribution in [2.45, 2.75) is 70.8 Å². The van der Waals surface area contributed by atoms with Gasteiger partial charge in [-0.1, -0.05) is 5.16 Å². The monoisotopic (exact) mass is 501 g/mol. The van der Waals surface area contributed by atoms with Crippen LogP contribution in [0.25, 0.3) is 11.0 Å². The van der Waals surface area contributed by atoms with Gasteiger partial charge in [0.05, 0.1) is 23.6 Å². The van der Waals surface area contributed by atoms with Crippen molar-refractivity contribution in [3.05, 3.63) is 17.7 Å². The van der Waals surface area contributed by atoms with Gasteiger partial charge < -0.3 is 18.9 Å². The number of ether oxygens (including phenoxy) is 2. The Hall–Kier alpha value is -3.74. The Bertz CT molecular complexity index is 1320. The molecule has 1 spiro atoms. The first kappa shape index (κ1) is 22.7. The zero-order valence-corrected chi connectivity index (χ0v) is 19.9. The maximum atomic E-state index is 15.8. The number of aromatic nitrogens is 1. The van der Waals surface area contributed by atoms with Crippen molar-refractivity contribution >= 4 is 46.4 Å². The van der Waals surface area contributed by atoms with E-state index in [1.165, 1.54) is 9.80 Å². The van der Waals surface area contributed by atoms with Crippen LogP contribution >= 0.6 is 0 Å². The maximum Gasteiger partial charge on any atom is 0.416 e. The summed E-state index contributed by atoms with van der Waals surface area (Å²) in [6.45, 7) is 6.80. The molecule has 0 aliphatic carbocycles. The van der Waals surface area contributed by atoms with E-state index in [0.29, 0.717) is 22.2 Å². The Morgan fingerprint density at radius 3 is 2.36 bits per heavy atom. The Balaban J connectivity index is 1.56. The number of urea groups is 1. The standard InChI is InChI=1S/C23H24FN5O7/c1-8-9(2)35-22(33)28(8)18-13-5-12-7-23(19(30)25-21(32)26-20(23)31)16-10(3)34-11(4)17(24)29(16)14(12)6-15(13)36-27-18/h5-6,8-11,16-17H,7H2,1-4H3,(H2,25,26,30,31,32)/t8-,9+,10+,11-,16-,17?/m1/s1. The highest BCUT2D eigenvalue weighted by Gasteiger charge is 2.64. The maximum absolute atomic E-state index is 15.8. The van der Waals surface area contributed by atoms with Gasteiger partial charge in [-0.2, -0.15) is 0 Å². The average molecular weight is 501 g/mol. The fraction of sp³-hybridized carbons (Fsp3) is 0.522. The number of barbiturate groups is 1. The first-order chi connectivity index (χ1) is 17.0. The summed E-state index contributed by atoms with van der Waals surface area (Å²) in [5.74, 6) is -1.44. The van der Waals surface area contributed by atoms with Crippen LogP contribution < -0.4 is 20.4 Å². The van der Waals surface area contributed by atoms with Crippen LogP contribution in [0.3, 0.4) is 0 Å². The summed E-state index contributed by atoms with van der Waals surface area (Å²) in [5, 5.41) is 8.87.